The molecule has 0 aliphatic rings. The maximum Gasteiger partial charge on any atom is 0.322 e. The Morgan fingerprint density at radius 3 is 2.17 bits per heavy atom. The minimum absolute atomic E-state index is 0.219. The van der Waals surface area contributed by atoms with Crippen LogP contribution < -0.4 is 5.32 Å². The van der Waals surface area contributed by atoms with Gasteiger partial charge >= 0.3 is 6.01 Å². The molecule has 0 unspecified atom stereocenters. The van der Waals surface area contributed by atoms with Crippen LogP contribution in [0.5, 0.6) is 0 Å². The van der Waals surface area contributed by atoms with Crippen LogP contribution in [0.1, 0.15) is 47.1 Å². The summed E-state index contributed by atoms with van der Waals surface area (Å²) in [6.07, 6.45) is 0.351. The topological polar surface area (TPSA) is 154 Å². The second-order valence-corrected chi connectivity index (χ2v) is 6.78. The highest BCUT2D eigenvalue weighted by Gasteiger charge is 2.21. The molecular formula is C19H17N5O6. The first-order valence-corrected chi connectivity index (χ1v) is 8.89. The first-order chi connectivity index (χ1) is 14.2. The average Bonchev–Trinajstić information content (AvgIpc) is 3.14. The van der Waals surface area contributed by atoms with Crippen LogP contribution in [-0.2, 0) is 6.42 Å². The normalized spacial score (nSPS) is 10.8. The lowest BCUT2D eigenvalue weighted by molar-refractivity contribution is -0.394. The SMILES string of the molecule is CC(C)c1ccc(Cc2nnc(NC(=O)c3cc([N+](=O)[O-])cc([N+](=O)[O-])c3)o2)cc1. The summed E-state index contributed by atoms with van der Waals surface area (Å²) in [7, 11) is 0. The summed E-state index contributed by atoms with van der Waals surface area (Å²) < 4.78 is 5.39. The van der Waals surface area contributed by atoms with Crippen LogP contribution in [0, 0.1) is 20.2 Å². The van der Waals surface area contributed by atoms with Gasteiger partial charge in [-0.2, -0.15) is 0 Å². The number of carbonyl (C=O) groups excluding carboxylic acids is 1. The maximum absolute atomic E-state index is 12.3. The second kappa shape index (κ2) is 8.47. The number of rotatable bonds is 7. The average molecular weight is 411 g/mol. The number of anilines is 1. The molecule has 3 aromatic rings. The molecule has 3 rings (SSSR count). The van der Waals surface area contributed by atoms with Crippen LogP contribution in [0.25, 0.3) is 0 Å². The first-order valence-electron chi connectivity index (χ1n) is 8.89. The standard InChI is InChI=1S/C19H17N5O6/c1-11(2)13-5-3-12(4-6-13)7-17-21-22-19(30-17)20-18(25)14-8-15(23(26)27)10-16(9-14)24(28)29/h3-6,8-11H,7H2,1-2H3,(H,20,22,25). The van der Waals surface area contributed by atoms with E-state index in [0.29, 0.717) is 12.3 Å². The van der Waals surface area contributed by atoms with Gasteiger partial charge in [0.25, 0.3) is 17.3 Å². The molecule has 0 spiro atoms. The van der Waals surface area contributed by atoms with Crippen LogP contribution in [-0.4, -0.2) is 26.0 Å². The Labute approximate surface area is 170 Å². The number of aromatic nitrogens is 2. The van der Waals surface area contributed by atoms with E-state index in [1.165, 1.54) is 5.56 Å². The van der Waals surface area contributed by atoms with Gasteiger partial charge in [0.05, 0.1) is 27.9 Å². The molecule has 1 aromatic heterocycles. The van der Waals surface area contributed by atoms with E-state index < -0.39 is 27.1 Å². The number of carbonyl (C=O) groups is 1. The molecule has 11 heteroatoms. The molecule has 154 valence electrons. The highest BCUT2D eigenvalue weighted by molar-refractivity contribution is 6.04. The predicted octanol–water partition coefficient (Wildman–Crippen LogP) is 3.85. The van der Waals surface area contributed by atoms with Crippen molar-refractivity contribution in [2.75, 3.05) is 5.32 Å². The summed E-state index contributed by atoms with van der Waals surface area (Å²) in [5.41, 5.74) is 0.703. The molecule has 0 saturated carbocycles. The van der Waals surface area contributed by atoms with E-state index in [4.69, 9.17) is 4.42 Å². The Bertz CT molecular complexity index is 1070. The fourth-order valence-corrected chi connectivity index (χ4v) is 2.68. The smallest absolute Gasteiger partial charge is 0.322 e. The molecule has 0 aliphatic heterocycles. The lowest BCUT2D eigenvalue weighted by Gasteiger charge is -2.05. The Balaban J connectivity index is 1.73. The van der Waals surface area contributed by atoms with Gasteiger partial charge in [-0.25, -0.2) is 0 Å². The van der Waals surface area contributed by atoms with Crippen LogP contribution in [0.15, 0.2) is 46.9 Å². The zero-order valence-corrected chi connectivity index (χ0v) is 16.1. The molecule has 1 N–H and O–H groups in total. The number of nitrogens with one attached hydrogen (secondary N) is 1. The Morgan fingerprint density at radius 1 is 1.03 bits per heavy atom. The van der Waals surface area contributed by atoms with Crippen molar-refractivity contribution in [3.8, 4) is 0 Å². The van der Waals surface area contributed by atoms with E-state index >= 15 is 0 Å². The summed E-state index contributed by atoms with van der Waals surface area (Å²) in [6, 6.07) is 10.3. The van der Waals surface area contributed by atoms with Gasteiger partial charge < -0.3 is 4.42 Å². The fraction of sp³-hybridized carbons (Fsp3) is 0.211. The molecule has 0 saturated heterocycles. The largest absolute Gasteiger partial charge is 0.407 e. The van der Waals surface area contributed by atoms with Crippen molar-refractivity contribution in [1.82, 2.24) is 10.2 Å². The van der Waals surface area contributed by atoms with Gasteiger partial charge in [0.1, 0.15) is 0 Å². The number of nitrogens with zero attached hydrogens (tertiary/aromatic N) is 4. The molecule has 0 aliphatic carbocycles. The Morgan fingerprint density at radius 2 is 1.63 bits per heavy atom. The van der Waals surface area contributed by atoms with Crippen molar-refractivity contribution < 1.29 is 19.1 Å². The summed E-state index contributed by atoms with van der Waals surface area (Å²) in [4.78, 5) is 32.6. The molecular weight excluding hydrogens is 394 g/mol. The number of non-ortho nitro benzene ring substituents is 2. The number of hydrogen-bond donors (Lipinski definition) is 1. The summed E-state index contributed by atoms with van der Waals surface area (Å²) in [6.45, 7) is 4.19. The van der Waals surface area contributed by atoms with Gasteiger partial charge in [0.15, 0.2) is 0 Å². The third kappa shape index (κ3) is 4.82. The molecule has 30 heavy (non-hydrogen) atoms. The molecule has 1 heterocycles. The van der Waals surface area contributed by atoms with E-state index in [0.717, 1.165) is 23.8 Å². The molecule has 2 aromatic carbocycles. The number of nitro benzene ring substituents is 2. The number of amides is 1. The molecule has 0 fully saturated rings. The van der Waals surface area contributed by atoms with Crippen molar-refractivity contribution >= 4 is 23.3 Å². The second-order valence-electron chi connectivity index (χ2n) is 6.78. The third-order valence-electron chi connectivity index (χ3n) is 4.28. The van der Waals surface area contributed by atoms with Gasteiger partial charge in [0.2, 0.25) is 5.89 Å². The highest BCUT2D eigenvalue weighted by Crippen LogP contribution is 2.23. The van der Waals surface area contributed by atoms with Gasteiger partial charge in [-0.15, -0.1) is 5.10 Å². The third-order valence-corrected chi connectivity index (χ3v) is 4.28. The summed E-state index contributed by atoms with van der Waals surface area (Å²) in [5, 5.41) is 31.8. The van der Waals surface area contributed by atoms with Crippen LogP contribution in [0.2, 0.25) is 0 Å². The quantitative estimate of drug-likeness (QED) is 0.454. The van der Waals surface area contributed by atoms with E-state index in [9.17, 15) is 25.0 Å². The number of benzene rings is 2. The van der Waals surface area contributed by atoms with Gasteiger partial charge in [-0.1, -0.05) is 43.2 Å². The minimum Gasteiger partial charge on any atom is -0.407 e. The zero-order valence-electron chi connectivity index (χ0n) is 16.1. The fourth-order valence-electron chi connectivity index (χ4n) is 2.68. The van der Waals surface area contributed by atoms with Crippen molar-refractivity contribution in [2.24, 2.45) is 0 Å². The summed E-state index contributed by atoms with van der Waals surface area (Å²) in [5.74, 6) is -0.181. The van der Waals surface area contributed by atoms with Crippen molar-refractivity contribution in [3.05, 3.63) is 85.3 Å². The molecule has 0 bridgehead atoms. The van der Waals surface area contributed by atoms with Crippen LogP contribution in [0.4, 0.5) is 17.4 Å². The monoisotopic (exact) mass is 411 g/mol. The maximum atomic E-state index is 12.3. The van der Waals surface area contributed by atoms with Crippen LogP contribution in [0.3, 0.4) is 0 Å². The van der Waals surface area contributed by atoms with Gasteiger partial charge in [0, 0.05) is 12.1 Å². The van der Waals surface area contributed by atoms with Crippen LogP contribution >= 0.6 is 0 Å². The Kier molecular flexibility index (Phi) is 5.81. The van der Waals surface area contributed by atoms with Crippen molar-refractivity contribution in [3.63, 3.8) is 0 Å². The van der Waals surface area contributed by atoms with E-state index in [-0.39, 0.29) is 17.5 Å². The van der Waals surface area contributed by atoms with E-state index in [1.54, 1.807) is 0 Å². The lowest BCUT2D eigenvalue weighted by Crippen LogP contribution is -2.13. The molecule has 1 amide bonds. The minimum atomic E-state index is -0.849. The van der Waals surface area contributed by atoms with Crippen molar-refractivity contribution in [2.45, 2.75) is 26.2 Å². The molecule has 0 atom stereocenters. The number of hydrogen-bond acceptors (Lipinski definition) is 8. The number of nitro groups is 2. The predicted molar refractivity (Wildman–Crippen MR) is 105 cm³/mol. The van der Waals surface area contributed by atoms with E-state index in [2.05, 4.69) is 29.4 Å². The van der Waals surface area contributed by atoms with Gasteiger partial charge in [-0.05, 0) is 17.0 Å². The molecule has 11 nitrogen and oxygen atoms in total. The Hall–Kier alpha value is -4.15. The lowest BCUT2D eigenvalue weighted by atomic mass is 10.0. The van der Waals surface area contributed by atoms with Crippen molar-refractivity contribution in [1.29, 1.82) is 0 Å². The molecule has 0 radical (unpaired) electrons. The highest BCUT2D eigenvalue weighted by atomic mass is 16.6. The van der Waals surface area contributed by atoms with E-state index in [1.807, 2.05) is 24.3 Å². The van der Waals surface area contributed by atoms with Gasteiger partial charge in [-0.3, -0.25) is 30.3 Å². The first kappa shape index (κ1) is 20.6. The zero-order chi connectivity index (χ0) is 21.8. The summed E-state index contributed by atoms with van der Waals surface area (Å²) >= 11 is 0.